The minimum absolute atomic E-state index is 0.0694. The lowest BCUT2D eigenvalue weighted by Crippen LogP contribution is -2.19. The molecule has 0 spiro atoms. The number of rotatable bonds is 6. The molecule has 2 heterocycles. The van der Waals surface area contributed by atoms with E-state index >= 15 is 0 Å². The molecule has 0 saturated carbocycles. The molecular weight excluding hydrogens is 431 g/mol. The summed E-state index contributed by atoms with van der Waals surface area (Å²) in [4.78, 5) is 19.4. The molecule has 32 heavy (non-hydrogen) atoms. The standard InChI is InChI=1S/C23H23FN4O3S/c1-16-4-10-20(32(30,31)27-18-7-5-17(24)6-8-18)14-21(16)23(29)26-19-9-11-22(25-15-19)28-12-2-3-13-28/h4-11,14-15,27H,2-3,12-13H2,1H3,(H,26,29). The molecule has 0 atom stereocenters. The van der Waals surface area contributed by atoms with E-state index in [0.29, 0.717) is 11.3 Å². The number of halogens is 1. The van der Waals surface area contributed by atoms with Gasteiger partial charge in [-0.05, 0) is 73.9 Å². The van der Waals surface area contributed by atoms with Crippen LogP contribution in [0.5, 0.6) is 0 Å². The zero-order valence-electron chi connectivity index (χ0n) is 17.5. The van der Waals surface area contributed by atoms with E-state index in [0.717, 1.165) is 43.9 Å². The lowest BCUT2D eigenvalue weighted by atomic mass is 10.1. The van der Waals surface area contributed by atoms with Gasteiger partial charge in [-0.2, -0.15) is 0 Å². The van der Waals surface area contributed by atoms with Crippen molar-refractivity contribution in [2.75, 3.05) is 28.0 Å². The topological polar surface area (TPSA) is 91.4 Å². The highest BCUT2D eigenvalue weighted by molar-refractivity contribution is 7.92. The Morgan fingerprint density at radius 2 is 1.69 bits per heavy atom. The number of nitrogens with zero attached hydrogens (tertiary/aromatic N) is 2. The van der Waals surface area contributed by atoms with Crippen molar-refractivity contribution in [1.29, 1.82) is 0 Å². The SMILES string of the molecule is Cc1ccc(S(=O)(=O)Nc2ccc(F)cc2)cc1C(=O)Nc1ccc(N2CCCC2)nc1. The van der Waals surface area contributed by atoms with Gasteiger partial charge in [0.25, 0.3) is 15.9 Å². The van der Waals surface area contributed by atoms with E-state index in [2.05, 4.69) is 19.9 Å². The number of pyridine rings is 1. The molecule has 1 amide bonds. The van der Waals surface area contributed by atoms with Gasteiger partial charge in [0.15, 0.2) is 0 Å². The number of nitrogens with one attached hydrogen (secondary N) is 2. The summed E-state index contributed by atoms with van der Waals surface area (Å²) in [5.41, 5.74) is 1.61. The number of anilines is 3. The van der Waals surface area contributed by atoms with Gasteiger partial charge < -0.3 is 10.2 Å². The number of amides is 1. The number of sulfonamides is 1. The maximum atomic E-state index is 13.1. The van der Waals surface area contributed by atoms with Crippen molar-refractivity contribution in [3.05, 3.63) is 77.7 Å². The van der Waals surface area contributed by atoms with Gasteiger partial charge in [0.1, 0.15) is 11.6 Å². The molecule has 1 saturated heterocycles. The summed E-state index contributed by atoms with van der Waals surface area (Å²) in [6.45, 7) is 3.68. The molecule has 7 nitrogen and oxygen atoms in total. The number of benzene rings is 2. The Morgan fingerprint density at radius 3 is 2.34 bits per heavy atom. The van der Waals surface area contributed by atoms with Crippen molar-refractivity contribution in [2.45, 2.75) is 24.7 Å². The highest BCUT2D eigenvalue weighted by atomic mass is 32.2. The first-order valence-corrected chi connectivity index (χ1v) is 11.7. The van der Waals surface area contributed by atoms with Crippen LogP contribution in [0.1, 0.15) is 28.8 Å². The van der Waals surface area contributed by atoms with Crippen LogP contribution in [0, 0.1) is 12.7 Å². The Balaban J connectivity index is 1.51. The van der Waals surface area contributed by atoms with E-state index in [9.17, 15) is 17.6 Å². The maximum absolute atomic E-state index is 13.1. The molecule has 1 aliphatic heterocycles. The highest BCUT2D eigenvalue weighted by Gasteiger charge is 2.19. The van der Waals surface area contributed by atoms with Crippen LogP contribution in [0.3, 0.4) is 0 Å². The van der Waals surface area contributed by atoms with Crippen molar-refractivity contribution >= 4 is 33.1 Å². The minimum atomic E-state index is -3.96. The van der Waals surface area contributed by atoms with E-state index in [1.165, 1.54) is 24.3 Å². The molecule has 0 bridgehead atoms. The Hall–Kier alpha value is -3.46. The van der Waals surface area contributed by atoms with Crippen LogP contribution in [0.4, 0.5) is 21.6 Å². The van der Waals surface area contributed by atoms with Crippen LogP contribution in [0.15, 0.2) is 65.7 Å². The lowest BCUT2D eigenvalue weighted by molar-refractivity contribution is 0.102. The highest BCUT2D eigenvalue weighted by Crippen LogP contribution is 2.22. The van der Waals surface area contributed by atoms with Crippen molar-refractivity contribution in [2.24, 2.45) is 0 Å². The Bertz CT molecular complexity index is 1220. The van der Waals surface area contributed by atoms with E-state index in [-0.39, 0.29) is 16.1 Å². The Labute approximate surface area is 186 Å². The normalized spacial score (nSPS) is 13.8. The average Bonchev–Trinajstić information content (AvgIpc) is 3.31. The maximum Gasteiger partial charge on any atom is 0.261 e. The van der Waals surface area contributed by atoms with Crippen LogP contribution < -0.4 is 14.9 Å². The summed E-state index contributed by atoms with van der Waals surface area (Å²) in [5, 5.41) is 2.77. The predicted molar refractivity (Wildman–Crippen MR) is 122 cm³/mol. The van der Waals surface area contributed by atoms with Gasteiger partial charge in [0, 0.05) is 24.3 Å². The number of hydrogen-bond acceptors (Lipinski definition) is 5. The van der Waals surface area contributed by atoms with Gasteiger partial charge in [0.2, 0.25) is 0 Å². The molecule has 0 aliphatic carbocycles. The van der Waals surface area contributed by atoms with Crippen LogP contribution in [0.2, 0.25) is 0 Å². The first-order chi connectivity index (χ1) is 15.3. The van der Waals surface area contributed by atoms with Crippen LogP contribution in [-0.2, 0) is 10.0 Å². The fourth-order valence-electron chi connectivity index (χ4n) is 3.54. The molecule has 166 valence electrons. The molecule has 3 aromatic rings. The van der Waals surface area contributed by atoms with Crippen LogP contribution in [0.25, 0.3) is 0 Å². The first-order valence-electron chi connectivity index (χ1n) is 10.2. The van der Waals surface area contributed by atoms with Gasteiger partial charge >= 0.3 is 0 Å². The van der Waals surface area contributed by atoms with Crippen molar-refractivity contribution in [1.82, 2.24) is 4.98 Å². The summed E-state index contributed by atoms with van der Waals surface area (Å²) in [6, 6.07) is 12.9. The van der Waals surface area contributed by atoms with Crippen LogP contribution in [-0.4, -0.2) is 32.4 Å². The van der Waals surface area contributed by atoms with Gasteiger partial charge in [0.05, 0.1) is 16.8 Å². The van der Waals surface area contributed by atoms with Gasteiger partial charge in [-0.3, -0.25) is 9.52 Å². The van der Waals surface area contributed by atoms with E-state index in [4.69, 9.17) is 0 Å². The summed E-state index contributed by atoms with van der Waals surface area (Å²) in [7, 11) is -3.96. The molecule has 9 heteroatoms. The molecule has 2 N–H and O–H groups in total. The summed E-state index contributed by atoms with van der Waals surface area (Å²) >= 11 is 0. The fourth-order valence-corrected chi connectivity index (χ4v) is 4.62. The molecule has 1 aliphatic rings. The molecule has 2 aromatic carbocycles. The lowest BCUT2D eigenvalue weighted by Gasteiger charge is -2.16. The largest absolute Gasteiger partial charge is 0.357 e. The quantitative estimate of drug-likeness (QED) is 0.583. The molecule has 4 rings (SSSR count). The summed E-state index contributed by atoms with van der Waals surface area (Å²) < 4.78 is 41.0. The monoisotopic (exact) mass is 454 g/mol. The van der Waals surface area contributed by atoms with Crippen molar-refractivity contribution in [3.63, 3.8) is 0 Å². The van der Waals surface area contributed by atoms with E-state index in [1.54, 1.807) is 25.3 Å². The summed E-state index contributed by atoms with van der Waals surface area (Å²) in [6.07, 6.45) is 3.89. The molecule has 1 aromatic heterocycles. The minimum Gasteiger partial charge on any atom is -0.357 e. The second-order valence-corrected chi connectivity index (χ2v) is 9.32. The Morgan fingerprint density at radius 1 is 1.00 bits per heavy atom. The number of hydrogen-bond donors (Lipinski definition) is 2. The number of aromatic nitrogens is 1. The third-order valence-corrected chi connectivity index (χ3v) is 6.68. The van der Waals surface area contributed by atoms with Crippen molar-refractivity contribution in [3.8, 4) is 0 Å². The number of carbonyl (C=O) groups excluding carboxylic acids is 1. The first kappa shape index (κ1) is 21.8. The number of aryl methyl sites for hydroxylation is 1. The number of carbonyl (C=O) groups is 1. The molecular formula is C23H23FN4O3S. The van der Waals surface area contributed by atoms with Gasteiger partial charge in [-0.1, -0.05) is 6.07 Å². The van der Waals surface area contributed by atoms with Gasteiger partial charge in [-0.15, -0.1) is 0 Å². The Kier molecular flexibility index (Phi) is 6.09. The second kappa shape index (κ2) is 8.96. The van der Waals surface area contributed by atoms with Crippen LogP contribution >= 0.6 is 0 Å². The third kappa shape index (κ3) is 4.88. The van der Waals surface area contributed by atoms with Gasteiger partial charge in [-0.25, -0.2) is 17.8 Å². The molecule has 1 fully saturated rings. The van der Waals surface area contributed by atoms with Crippen molar-refractivity contribution < 1.29 is 17.6 Å². The zero-order chi connectivity index (χ0) is 22.7. The fraction of sp³-hybridized carbons (Fsp3) is 0.217. The third-order valence-electron chi connectivity index (χ3n) is 5.30. The predicted octanol–water partition coefficient (Wildman–Crippen LogP) is 4.18. The van der Waals surface area contributed by atoms with E-state index < -0.39 is 21.7 Å². The summed E-state index contributed by atoms with van der Waals surface area (Å²) in [5.74, 6) is -0.0288. The molecule has 0 radical (unpaired) electrons. The second-order valence-electron chi connectivity index (χ2n) is 7.64. The average molecular weight is 455 g/mol. The van der Waals surface area contributed by atoms with E-state index in [1.807, 2.05) is 6.07 Å². The zero-order valence-corrected chi connectivity index (χ0v) is 18.3. The molecule has 0 unspecified atom stereocenters. The smallest absolute Gasteiger partial charge is 0.261 e.